The predicted molar refractivity (Wildman–Crippen MR) is 124 cm³/mol. The summed E-state index contributed by atoms with van der Waals surface area (Å²) in [5, 5.41) is 24.3. The van der Waals surface area contributed by atoms with Crippen LogP contribution < -0.4 is 10.6 Å². The zero-order chi connectivity index (χ0) is 23.4. The molecule has 0 spiro atoms. The molecule has 0 bridgehead atoms. The van der Waals surface area contributed by atoms with Gasteiger partial charge in [-0.3, -0.25) is 9.59 Å². The first-order chi connectivity index (χ1) is 15.9. The third-order valence-electron chi connectivity index (χ3n) is 5.26. The first kappa shape index (κ1) is 23.0. The van der Waals surface area contributed by atoms with Gasteiger partial charge in [0.25, 0.3) is 5.91 Å². The Morgan fingerprint density at radius 3 is 2.76 bits per heavy atom. The van der Waals surface area contributed by atoms with Crippen molar-refractivity contribution in [3.05, 3.63) is 69.1 Å². The van der Waals surface area contributed by atoms with E-state index in [1.54, 1.807) is 12.1 Å². The van der Waals surface area contributed by atoms with E-state index >= 15 is 0 Å². The Hall–Kier alpha value is -3.17. The molecule has 4 rings (SSSR count). The van der Waals surface area contributed by atoms with Gasteiger partial charge in [0.1, 0.15) is 5.82 Å². The standard InChI is InChI=1S/C22H22Cl2N6O3/c23-15-8-14(9-16(24)10-15)18(11-20(31)32)28-22(33)19-12-26-30(29-19)7-5-17-4-3-13-2-1-6-25-21(13)27-17/h3-4,8-10,12,18H,1-2,5-7,11H2,(H,25,27)(H,28,33)(H,31,32)/t18-/m0/s1. The van der Waals surface area contributed by atoms with Gasteiger partial charge < -0.3 is 15.7 Å². The van der Waals surface area contributed by atoms with Crippen molar-refractivity contribution < 1.29 is 14.7 Å². The van der Waals surface area contributed by atoms with Gasteiger partial charge in [-0.25, -0.2) is 4.98 Å². The maximum Gasteiger partial charge on any atom is 0.305 e. The first-order valence-corrected chi connectivity index (χ1v) is 11.2. The summed E-state index contributed by atoms with van der Waals surface area (Å²) in [4.78, 5) is 30.1. The van der Waals surface area contributed by atoms with Crippen LogP contribution in [0.15, 0.2) is 36.5 Å². The number of fused-ring (bicyclic) bond motifs is 1. The van der Waals surface area contributed by atoms with E-state index in [4.69, 9.17) is 23.2 Å². The highest BCUT2D eigenvalue weighted by atomic mass is 35.5. The molecule has 2 aromatic heterocycles. The number of halogens is 2. The van der Waals surface area contributed by atoms with Gasteiger partial charge in [0.05, 0.1) is 25.2 Å². The zero-order valence-corrected chi connectivity index (χ0v) is 19.1. The number of amides is 1. The Morgan fingerprint density at radius 2 is 2.00 bits per heavy atom. The van der Waals surface area contributed by atoms with Crippen molar-refractivity contribution >= 4 is 40.9 Å². The summed E-state index contributed by atoms with van der Waals surface area (Å²) in [6.07, 6.45) is 3.74. The van der Waals surface area contributed by atoms with Crippen LogP contribution >= 0.6 is 23.2 Å². The van der Waals surface area contributed by atoms with E-state index in [1.807, 2.05) is 6.07 Å². The van der Waals surface area contributed by atoms with E-state index in [0.29, 0.717) is 28.6 Å². The molecular weight excluding hydrogens is 467 g/mol. The fraction of sp³-hybridized carbons (Fsp3) is 0.318. The van der Waals surface area contributed by atoms with Gasteiger partial charge in [0.2, 0.25) is 0 Å². The minimum atomic E-state index is -1.08. The van der Waals surface area contributed by atoms with Crippen LogP contribution in [-0.2, 0) is 24.2 Å². The average Bonchev–Trinajstić information content (AvgIpc) is 3.25. The van der Waals surface area contributed by atoms with Crippen LogP contribution in [-0.4, -0.2) is 43.5 Å². The fourth-order valence-electron chi connectivity index (χ4n) is 3.67. The lowest BCUT2D eigenvalue weighted by molar-refractivity contribution is -0.137. The van der Waals surface area contributed by atoms with E-state index in [2.05, 4.69) is 31.9 Å². The molecular formula is C22H22Cl2N6O3. The second kappa shape index (κ2) is 10.2. The minimum Gasteiger partial charge on any atom is -0.481 e. The highest BCUT2D eigenvalue weighted by Crippen LogP contribution is 2.26. The number of nitrogens with one attached hydrogen (secondary N) is 2. The Morgan fingerprint density at radius 1 is 1.21 bits per heavy atom. The number of hydrogen-bond donors (Lipinski definition) is 3. The number of aromatic nitrogens is 4. The summed E-state index contributed by atoms with van der Waals surface area (Å²) in [6.45, 7) is 1.37. The topological polar surface area (TPSA) is 122 Å². The van der Waals surface area contributed by atoms with Crippen LogP contribution in [0.2, 0.25) is 10.0 Å². The van der Waals surface area contributed by atoms with Crippen molar-refractivity contribution in [2.24, 2.45) is 0 Å². The van der Waals surface area contributed by atoms with Gasteiger partial charge >= 0.3 is 5.97 Å². The van der Waals surface area contributed by atoms with Crippen molar-refractivity contribution in [1.29, 1.82) is 0 Å². The molecule has 0 saturated heterocycles. The lowest BCUT2D eigenvalue weighted by Crippen LogP contribution is -2.30. The average molecular weight is 489 g/mol. The Bertz CT molecular complexity index is 1160. The minimum absolute atomic E-state index is 0.0820. The molecule has 0 radical (unpaired) electrons. The summed E-state index contributed by atoms with van der Waals surface area (Å²) in [7, 11) is 0. The number of hydrogen-bond acceptors (Lipinski definition) is 6. The molecule has 1 aliphatic heterocycles. The lowest BCUT2D eigenvalue weighted by atomic mass is 10.0. The van der Waals surface area contributed by atoms with E-state index in [-0.39, 0.29) is 12.1 Å². The van der Waals surface area contributed by atoms with Crippen LogP contribution in [0.5, 0.6) is 0 Å². The number of rotatable bonds is 8. The largest absolute Gasteiger partial charge is 0.481 e. The molecule has 1 aliphatic rings. The van der Waals surface area contributed by atoms with E-state index in [1.165, 1.54) is 22.6 Å². The van der Waals surface area contributed by atoms with Crippen molar-refractivity contribution in [1.82, 2.24) is 25.3 Å². The number of carboxylic acids is 1. The highest BCUT2D eigenvalue weighted by Gasteiger charge is 2.21. The molecule has 172 valence electrons. The number of carbonyl (C=O) groups is 2. The second-order valence-corrected chi connectivity index (χ2v) is 8.62. The zero-order valence-electron chi connectivity index (χ0n) is 17.6. The first-order valence-electron chi connectivity index (χ1n) is 10.5. The van der Waals surface area contributed by atoms with Gasteiger partial charge in [-0.1, -0.05) is 29.3 Å². The van der Waals surface area contributed by atoms with E-state index in [9.17, 15) is 14.7 Å². The quantitative estimate of drug-likeness (QED) is 0.443. The number of aryl methyl sites for hydroxylation is 3. The van der Waals surface area contributed by atoms with Gasteiger partial charge in [0, 0.05) is 28.7 Å². The smallest absolute Gasteiger partial charge is 0.305 e. The van der Waals surface area contributed by atoms with Crippen LogP contribution in [0.3, 0.4) is 0 Å². The molecule has 33 heavy (non-hydrogen) atoms. The van der Waals surface area contributed by atoms with Gasteiger partial charge in [-0.15, -0.1) is 5.10 Å². The Kier molecular flexibility index (Phi) is 7.10. The predicted octanol–water partition coefficient (Wildman–Crippen LogP) is 3.53. The van der Waals surface area contributed by atoms with Crippen LogP contribution in [0, 0.1) is 0 Å². The van der Waals surface area contributed by atoms with Gasteiger partial charge in [0.15, 0.2) is 5.69 Å². The monoisotopic (exact) mass is 488 g/mol. The third-order valence-corrected chi connectivity index (χ3v) is 5.70. The maximum absolute atomic E-state index is 12.7. The maximum atomic E-state index is 12.7. The molecule has 0 aliphatic carbocycles. The molecule has 3 aromatic rings. The molecule has 0 saturated carbocycles. The molecule has 3 heterocycles. The number of pyridine rings is 1. The van der Waals surface area contributed by atoms with E-state index in [0.717, 1.165) is 30.9 Å². The lowest BCUT2D eigenvalue weighted by Gasteiger charge is -2.17. The van der Waals surface area contributed by atoms with Gasteiger partial charge in [-0.05, 0) is 48.2 Å². The summed E-state index contributed by atoms with van der Waals surface area (Å²) >= 11 is 12.1. The number of nitrogens with zero attached hydrogens (tertiary/aromatic N) is 4. The normalized spacial score (nSPS) is 13.6. The molecule has 1 aromatic carbocycles. The molecule has 0 unspecified atom stereocenters. The number of benzene rings is 1. The summed E-state index contributed by atoms with van der Waals surface area (Å²) in [5.74, 6) is -0.690. The number of aliphatic carboxylic acids is 1. The Labute approximate surface area is 200 Å². The third kappa shape index (κ3) is 6.00. The fourth-order valence-corrected chi connectivity index (χ4v) is 4.21. The molecule has 3 N–H and O–H groups in total. The summed E-state index contributed by atoms with van der Waals surface area (Å²) < 4.78 is 0. The van der Waals surface area contributed by atoms with Crippen molar-refractivity contribution in [3.8, 4) is 0 Å². The Balaban J connectivity index is 1.41. The summed E-state index contributed by atoms with van der Waals surface area (Å²) in [5.41, 5.74) is 2.70. The molecule has 1 atom stereocenters. The molecule has 1 amide bonds. The molecule has 9 nitrogen and oxygen atoms in total. The number of carboxylic acid groups (broad SMARTS) is 1. The second-order valence-electron chi connectivity index (χ2n) is 7.74. The highest BCUT2D eigenvalue weighted by molar-refractivity contribution is 6.34. The molecule has 11 heteroatoms. The van der Waals surface area contributed by atoms with Crippen molar-refractivity contribution in [3.63, 3.8) is 0 Å². The van der Waals surface area contributed by atoms with Crippen molar-refractivity contribution in [2.45, 2.75) is 38.3 Å². The number of carbonyl (C=O) groups excluding carboxylic acids is 1. The van der Waals surface area contributed by atoms with Crippen LogP contribution in [0.25, 0.3) is 0 Å². The van der Waals surface area contributed by atoms with E-state index < -0.39 is 17.9 Å². The van der Waals surface area contributed by atoms with Gasteiger partial charge in [-0.2, -0.15) is 9.90 Å². The number of anilines is 1. The van der Waals surface area contributed by atoms with Crippen molar-refractivity contribution in [2.75, 3.05) is 11.9 Å². The van der Waals surface area contributed by atoms with Crippen LogP contribution in [0.4, 0.5) is 5.82 Å². The SMILES string of the molecule is O=C(O)C[C@H](NC(=O)c1cnn(CCc2ccc3c(n2)NCCC3)n1)c1cc(Cl)cc(Cl)c1. The van der Waals surface area contributed by atoms with Crippen LogP contribution in [0.1, 0.15) is 46.2 Å². The molecule has 0 fully saturated rings. The summed E-state index contributed by atoms with van der Waals surface area (Å²) in [6, 6.07) is 7.92.